The topological polar surface area (TPSA) is 35.6 Å². The van der Waals surface area contributed by atoms with Crippen LogP contribution in [0.25, 0.3) is 0 Å². The van der Waals surface area contributed by atoms with Gasteiger partial charge in [-0.15, -0.1) is 0 Å². The van der Waals surface area contributed by atoms with Crippen molar-refractivity contribution in [1.29, 1.82) is 0 Å². The van der Waals surface area contributed by atoms with Gasteiger partial charge in [-0.2, -0.15) is 0 Å². The number of carbonyl (C=O) groups is 1. The Bertz CT molecular complexity index is 136. The first kappa shape index (κ1) is 11.2. The number of nitrogens with one attached hydrogen (secondary N) is 1. The van der Waals surface area contributed by atoms with Crippen LogP contribution in [0.3, 0.4) is 0 Å². The van der Waals surface area contributed by atoms with Gasteiger partial charge in [0.2, 0.25) is 0 Å². The molecule has 0 bridgehead atoms. The van der Waals surface area contributed by atoms with E-state index in [2.05, 4.69) is 5.32 Å². The lowest BCUT2D eigenvalue weighted by atomic mass is 10.5. The first-order chi connectivity index (χ1) is 5.57. The molecule has 12 heavy (non-hydrogen) atoms. The maximum absolute atomic E-state index is 11.2. The number of hydrogen-bond acceptors (Lipinski definition) is 2. The monoisotopic (exact) mass is 173 g/mol. The number of rotatable bonds is 4. The van der Waals surface area contributed by atoms with Crippen molar-refractivity contribution in [3.05, 3.63) is 0 Å². The fraction of sp³-hybridized carbons (Fsp3) is 0.875. The van der Waals surface area contributed by atoms with E-state index in [4.69, 9.17) is 0 Å². The van der Waals surface area contributed by atoms with Crippen LogP contribution in [-0.4, -0.2) is 56.6 Å². The Morgan fingerprint density at radius 2 is 1.92 bits per heavy atom. The minimum Gasteiger partial charge on any atom is -0.337 e. The molecule has 0 rings (SSSR count). The summed E-state index contributed by atoms with van der Waals surface area (Å²) in [7, 11) is 5.75. The van der Waals surface area contributed by atoms with E-state index < -0.39 is 0 Å². The number of amides is 2. The van der Waals surface area contributed by atoms with Crippen LogP contribution in [0, 0.1) is 0 Å². The highest BCUT2D eigenvalue weighted by atomic mass is 16.2. The molecule has 0 aliphatic carbocycles. The summed E-state index contributed by atoms with van der Waals surface area (Å²) in [5, 5.41) is 2.81. The van der Waals surface area contributed by atoms with Gasteiger partial charge >= 0.3 is 6.03 Å². The molecular formula is C8H19N3O. The van der Waals surface area contributed by atoms with E-state index in [0.717, 1.165) is 13.1 Å². The molecule has 0 aliphatic rings. The van der Waals surface area contributed by atoms with Crippen LogP contribution < -0.4 is 5.32 Å². The fourth-order valence-electron chi connectivity index (χ4n) is 0.665. The van der Waals surface area contributed by atoms with Gasteiger partial charge in [0.1, 0.15) is 0 Å². The van der Waals surface area contributed by atoms with E-state index in [0.29, 0.717) is 6.54 Å². The largest absolute Gasteiger partial charge is 0.337 e. The summed E-state index contributed by atoms with van der Waals surface area (Å²) >= 11 is 0. The third-order valence-electron chi connectivity index (χ3n) is 1.66. The van der Waals surface area contributed by atoms with Crippen LogP contribution in [0.15, 0.2) is 0 Å². The molecule has 4 heteroatoms. The molecule has 0 spiro atoms. The van der Waals surface area contributed by atoms with E-state index in [9.17, 15) is 4.79 Å². The zero-order chi connectivity index (χ0) is 9.56. The van der Waals surface area contributed by atoms with Crippen LogP contribution >= 0.6 is 0 Å². The molecule has 4 nitrogen and oxygen atoms in total. The Kier molecular flexibility index (Phi) is 5.45. The van der Waals surface area contributed by atoms with Crippen molar-refractivity contribution < 1.29 is 4.79 Å². The highest BCUT2D eigenvalue weighted by Crippen LogP contribution is 1.81. The van der Waals surface area contributed by atoms with E-state index in [1.165, 1.54) is 0 Å². The van der Waals surface area contributed by atoms with Gasteiger partial charge in [0, 0.05) is 26.7 Å². The van der Waals surface area contributed by atoms with Gasteiger partial charge in [-0.3, -0.25) is 0 Å². The van der Waals surface area contributed by atoms with Crippen molar-refractivity contribution in [2.24, 2.45) is 0 Å². The molecule has 0 aliphatic heterocycles. The van der Waals surface area contributed by atoms with E-state index in [-0.39, 0.29) is 6.03 Å². The Morgan fingerprint density at radius 1 is 1.33 bits per heavy atom. The van der Waals surface area contributed by atoms with E-state index in [1.54, 1.807) is 11.9 Å². The highest BCUT2D eigenvalue weighted by molar-refractivity contribution is 5.73. The first-order valence-corrected chi connectivity index (χ1v) is 4.21. The summed E-state index contributed by atoms with van der Waals surface area (Å²) in [6, 6.07) is -0.000602. The van der Waals surface area contributed by atoms with Gasteiger partial charge in [0.25, 0.3) is 0 Å². The minimum atomic E-state index is -0.000602. The maximum atomic E-state index is 11.2. The molecule has 0 aromatic rings. The molecule has 0 saturated heterocycles. The smallest absolute Gasteiger partial charge is 0.317 e. The second-order valence-electron chi connectivity index (χ2n) is 3.05. The molecule has 0 fully saturated rings. The van der Waals surface area contributed by atoms with Crippen molar-refractivity contribution in [2.75, 3.05) is 40.8 Å². The van der Waals surface area contributed by atoms with Crippen LogP contribution in [0.1, 0.15) is 6.92 Å². The average molecular weight is 173 g/mol. The lowest BCUT2D eigenvalue weighted by molar-refractivity contribution is 0.210. The lowest BCUT2D eigenvalue weighted by Crippen LogP contribution is -2.40. The van der Waals surface area contributed by atoms with Gasteiger partial charge < -0.3 is 15.1 Å². The highest BCUT2D eigenvalue weighted by Gasteiger charge is 2.03. The van der Waals surface area contributed by atoms with Crippen molar-refractivity contribution in [2.45, 2.75) is 6.92 Å². The van der Waals surface area contributed by atoms with Crippen molar-refractivity contribution in [3.63, 3.8) is 0 Å². The summed E-state index contributed by atoms with van der Waals surface area (Å²) in [6.45, 7) is 4.28. The quantitative estimate of drug-likeness (QED) is 0.659. The Labute approximate surface area is 74.5 Å². The second kappa shape index (κ2) is 5.83. The van der Waals surface area contributed by atoms with Gasteiger partial charge in [-0.05, 0) is 21.0 Å². The lowest BCUT2D eigenvalue weighted by Gasteiger charge is -2.16. The van der Waals surface area contributed by atoms with Crippen LogP contribution in [0.2, 0.25) is 0 Å². The number of carbonyl (C=O) groups excluding carboxylic acids is 1. The van der Waals surface area contributed by atoms with Gasteiger partial charge in [0.05, 0.1) is 0 Å². The number of urea groups is 1. The fourth-order valence-corrected chi connectivity index (χ4v) is 0.665. The minimum absolute atomic E-state index is 0.000602. The molecule has 0 heterocycles. The molecule has 0 radical (unpaired) electrons. The molecule has 0 atom stereocenters. The normalized spacial score (nSPS) is 10.1. The molecule has 1 N–H and O–H groups in total. The third-order valence-corrected chi connectivity index (χ3v) is 1.66. The van der Waals surface area contributed by atoms with Gasteiger partial charge in [-0.1, -0.05) is 0 Å². The first-order valence-electron chi connectivity index (χ1n) is 4.21. The molecule has 2 amide bonds. The Hall–Kier alpha value is -0.770. The second-order valence-corrected chi connectivity index (χ2v) is 3.05. The summed E-state index contributed by atoms with van der Waals surface area (Å²) < 4.78 is 0. The van der Waals surface area contributed by atoms with Gasteiger partial charge in [0.15, 0.2) is 0 Å². The molecule has 0 aromatic heterocycles. The van der Waals surface area contributed by atoms with Crippen molar-refractivity contribution in [3.8, 4) is 0 Å². The predicted molar refractivity (Wildman–Crippen MR) is 50.3 cm³/mol. The number of likely N-dealkylation sites (N-methyl/N-ethyl adjacent to an activating group) is 1. The number of nitrogens with zero attached hydrogens (tertiary/aromatic N) is 2. The van der Waals surface area contributed by atoms with Crippen molar-refractivity contribution >= 4 is 6.03 Å². The van der Waals surface area contributed by atoms with Gasteiger partial charge in [-0.25, -0.2) is 4.79 Å². The summed E-state index contributed by atoms with van der Waals surface area (Å²) in [6.07, 6.45) is 0. The third kappa shape index (κ3) is 4.96. The number of hydrogen-bond donors (Lipinski definition) is 1. The standard InChI is InChI=1S/C8H19N3O/c1-5-11(4)8(12)9-6-7-10(2)3/h5-7H2,1-4H3,(H,9,12). The Morgan fingerprint density at radius 3 is 2.33 bits per heavy atom. The van der Waals surface area contributed by atoms with Crippen LogP contribution in [0.5, 0.6) is 0 Å². The van der Waals surface area contributed by atoms with Crippen LogP contribution in [0.4, 0.5) is 4.79 Å². The maximum Gasteiger partial charge on any atom is 0.317 e. The van der Waals surface area contributed by atoms with E-state index in [1.807, 2.05) is 25.9 Å². The zero-order valence-corrected chi connectivity index (χ0v) is 8.42. The van der Waals surface area contributed by atoms with Crippen molar-refractivity contribution in [1.82, 2.24) is 15.1 Å². The summed E-state index contributed by atoms with van der Waals surface area (Å²) in [4.78, 5) is 14.8. The predicted octanol–water partition coefficient (Wildman–Crippen LogP) is 0.209. The van der Waals surface area contributed by atoms with Crippen LogP contribution in [-0.2, 0) is 0 Å². The Balaban J connectivity index is 3.44. The molecule has 0 aromatic carbocycles. The summed E-state index contributed by atoms with van der Waals surface area (Å²) in [5.74, 6) is 0. The SMILES string of the molecule is CCN(C)C(=O)NCCN(C)C. The molecule has 72 valence electrons. The molecule has 0 unspecified atom stereocenters. The molecule has 0 saturated carbocycles. The zero-order valence-electron chi connectivity index (χ0n) is 8.42. The molecular weight excluding hydrogens is 154 g/mol. The van der Waals surface area contributed by atoms with E-state index >= 15 is 0 Å². The average Bonchev–Trinajstić information content (AvgIpc) is 2.02. The summed E-state index contributed by atoms with van der Waals surface area (Å²) in [5.41, 5.74) is 0.